The molecule has 1 aromatic carbocycles. The number of anilines is 1. The number of amides is 1. The van der Waals surface area contributed by atoms with E-state index in [9.17, 15) is 4.79 Å². The third-order valence-electron chi connectivity index (χ3n) is 3.33. The molecule has 0 bridgehead atoms. The van der Waals surface area contributed by atoms with Crippen LogP contribution >= 0.6 is 11.6 Å². The van der Waals surface area contributed by atoms with Gasteiger partial charge in [0.15, 0.2) is 5.82 Å². The monoisotopic (exact) mass is 263 g/mol. The van der Waals surface area contributed by atoms with E-state index in [1.165, 1.54) is 0 Å². The molecule has 0 spiro atoms. The van der Waals surface area contributed by atoms with Gasteiger partial charge in [0.25, 0.3) is 0 Å². The predicted octanol–water partition coefficient (Wildman–Crippen LogP) is 2.88. The minimum absolute atomic E-state index is 0.0487. The van der Waals surface area contributed by atoms with Crippen LogP contribution in [0.25, 0.3) is 10.9 Å². The van der Waals surface area contributed by atoms with E-state index < -0.39 is 0 Å². The number of carbonyl (C=O) groups is 1. The van der Waals surface area contributed by atoms with E-state index in [-0.39, 0.29) is 11.8 Å². The highest BCUT2D eigenvalue weighted by Gasteiger charge is 2.30. The molecule has 3 rings (SSSR count). The molecule has 0 radical (unpaired) electrons. The minimum atomic E-state index is 0.0487. The second-order valence-corrected chi connectivity index (χ2v) is 5.23. The Bertz CT molecular complexity index is 643. The van der Waals surface area contributed by atoms with Crippen molar-refractivity contribution in [2.24, 2.45) is 13.0 Å². The number of hydrogen-bond acceptors (Lipinski definition) is 2. The molecule has 1 saturated carbocycles. The summed E-state index contributed by atoms with van der Waals surface area (Å²) in [5.41, 5.74) is 2.06. The molecule has 18 heavy (non-hydrogen) atoms. The van der Waals surface area contributed by atoms with Gasteiger partial charge in [-0.1, -0.05) is 17.7 Å². The van der Waals surface area contributed by atoms with Crippen molar-refractivity contribution in [2.75, 3.05) is 5.32 Å². The van der Waals surface area contributed by atoms with Crippen LogP contribution in [0.15, 0.2) is 12.1 Å². The van der Waals surface area contributed by atoms with Crippen LogP contribution in [0.4, 0.5) is 5.82 Å². The third kappa shape index (κ3) is 1.77. The fraction of sp³-hybridized carbons (Fsp3) is 0.385. The molecule has 5 heteroatoms. The van der Waals surface area contributed by atoms with Gasteiger partial charge in [0.05, 0.1) is 15.9 Å². The van der Waals surface area contributed by atoms with Gasteiger partial charge in [-0.2, -0.15) is 5.10 Å². The number of rotatable bonds is 2. The highest BCUT2D eigenvalue weighted by molar-refractivity contribution is 6.36. The number of nitrogens with one attached hydrogen (secondary N) is 1. The summed E-state index contributed by atoms with van der Waals surface area (Å²) >= 11 is 6.22. The molecule has 1 amide bonds. The van der Waals surface area contributed by atoms with Crippen LogP contribution in [0.3, 0.4) is 0 Å². The number of halogens is 1. The highest BCUT2D eigenvalue weighted by Crippen LogP contribution is 2.34. The summed E-state index contributed by atoms with van der Waals surface area (Å²) in [6.07, 6.45) is 1.95. The second kappa shape index (κ2) is 3.99. The molecule has 4 nitrogen and oxygen atoms in total. The Labute approximate surface area is 110 Å². The van der Waals surface area contributed by atoms with Gasteiger partial charge >= 0.3 is 0 Å². The summed E-state index contributed by atoms with van der Waals surface area (Å²) in [6, 6.07) is 3.80. The normalized spacial score (nSPS) is 15.1. The van der Waals surface area contributed by atoms with Crippen molar-refractivity contribution in [2.45, 2.75) is 19.8 Å². The van der Waals surface area contributed by atoms with E-state index in [4.69, 9.17) is 11.6 Å². The van der Waals surface area contributed by atoms with Crippen molar-refractivity contribution < 1.29 is 4.79 Å². The maximum absolute atomic E-state index is 11.8. The Balaban J connectivity index is 2.11. The highest BCUT2D eigenvalue weighted by atomic mass is 35.5. The van der Waals surface area contributed by atoms with Crippen molar-refractivity contribution in [3.8, 4) is 0 Å². The lowest BCUT2D eigenvalue weighted by atomic mass is 10.1. The number of carbonyl (C=O) groups excluding carboxylic acids is 1. The largest absolute Gasteiger partial charge is 0.308 e. The van der Waals surface area contributed by atoms with Gasteiger partial charge in [-0.3, -0.25) is 9.48 Å². The SMILES string of the molecule is Cc1ccc(Cl)c2c(NC(=O)C3CC3)nn(C)c12. The predicted molar refractivity (Wildman–Crippen MR) is 71.8 cm³/mol. The Hall–Kier alpha value is -1.55. The van der Waals surface area contributed by atoms with Gasteiger partial charge in [-0.15, -0.1) is 0 Å². The number of fused-ring (bicyclic) bond motifs is 1. The fourth-order valence-corrected chi connectivity index (χ4v) is 2.46. The zero-order valence-corrected chi connectivity index (χ0v) is 11.1. The molecule has 0 atom stereocenters. The molecule has 2 aromatic rings. The average Bonchev–Trinajstić information content (AvgIpc) is 3.10. The summed E-state index contributed by atoms with van der Waals surface area (Å²) in [6.45, 7) is 2.01. The summed E-state index contributed by atoms with van der Waals surface area (Å²) in [7, 11) is 1.86. The summed E-state index contributed by atoms with van der Waals surface area (Å²) in [5, 5.41) is 8.69. The Kier molecular flexibility index (Phi) is 2.55. The number of aromatic nitrogens is 2. The number of nitrogens with zero attached hydrogens (tertiary/aromatic N) is 2. The van der Waals surface area contributed by atoms with Crippen LogP contribution in [0.1, 0.15) is 18.4 Å². The van der Waals surface area contributed by atoms with Crippen LogP contribution in [0.2, 0.25) is 5.02 Å². The van der Waals surface area contributed by atoms with Gasteiger partial charge in [-0.05, 0) is 31.4 Å². The smallest absolute Gasteiger partial charge is 0.228 e. The molecule has 94 valence electrons. The zero-order chi connectivity index (χ0) is 12.9. The minimum Gasteiger partial charge on any atom is -0.308 e. The molecule has 1 aromatic heterocycles. The molecular formula is C13H14ClN3O. The van der Waals surface area contributed by atoms with Gasteiger partial charge < -0.3 is 5.32 Å². The fourth-order valence-electron chi connectivity index (χ4n) is 2.21. The van der Waals surface area contributed by atoms with Gasteiger partial charge in [0.1, 0.15) is 0 Å². The van der Waals surface area contributed by atoms with Gasteiger partial charge in [-0.25, -0.2) is 0 Å². The quantitative estimate of drug-likeness (QED) is 0.906. The van der Waals surface area contributed by atoms with E-state index in [1.807, 2.05) is 26.1 Å². The molecule has 1 aliphatic rings. The first-order valence-corrected chi connectivity index (χ1v) is 6.38. The first kappa shape index (κ1) is 11.5. The lowest BCUT2D eigenvalue weighted by molar-refractivity contribution is -0.117. The third-order valence-corrected chi connectivity index (χ3v) is 3.64. The molecule has 1 heterocycles. The standard InChI is InChI=1S/C13H14ClN3O/c1-7-3-6-9(14)10-11(7)17(2)16-12(10)15-13(18)8-4-5-8/h3,6,8H,4-5H2,1-2H3,(H,15,16,18). The molecule has 1 fully saturated rings. The second-order valence-electron chi connectivity index (χ2n) is 4.82. The Morgan fingerprint density at radius 3 is 2.89 bits per heavy atom. The van der Waals surface area contributed by atoms with Crippen molar-refractivity contribution in [3.05, 3.63) is 22.7 Å². The Morgan fingerprint density at radius 1 is 1.50 bits per heavy atom. The summed E-state index contributed by atoms with van der Waals surface area (Å²) in [4.78, 5) is 11.8. The molecule has 1 N–H and O–H groups in total. The average molecular weight is 264 g/mol. The number of benzene rings is 1. The number of hydrogen-bond donors (Lipinski definition) is 1. The maximum atomic E-state index is 11.8. The van der Waals surface area contributed by atoms with E-state index >= 15 is 0 Å². The zero-order valence-electron chi connectivity index (χ0n) is 10.3. The van der Waals surface area contributed by atoms with Crippen LogP contribution in [0, 0.1) is 12.8 Å². The first-order valence-electron chi connectivity index (χ1n) is 6.00. The van der Waals surface area contributed by atoms with E-state index in [0.29, 0.717) is 10.8 Å². The summed E-state index contributed by atoms with van der Waals surface area (Å²) < 4.78 is 1.76. The van der Waals surface area contributed by atoms with Crippen molar-refractivity contribution in [1.29, 1.82) is 0 Å². The lowest BCUT2D eigenvalue weighted by Crippen LogP contribution is -2.14. The molecule has 0 unspecified atom stereocenters. The topological polar surface area (TPSA) is 46.9 Å². The lowest BCUT2D eigenvalue weighted by Gasteiger charge is -2.02. The van der Waals surface area contributed by atoms with Gasteiger partial charge in [0.2, 0.25) is 5.91 Å². The molecule has 1 aliphatic carbocycles. The van der Waals surface area contributed by atoms with E-state index in [2.05, 4.69) is 10.4 Å². The van der Waals surface area contributed by atoms with Crippen LogP contribution < -0.4 is 5.32 Å². The van der Waals surface area contributed by atoms with Crippen LogP contribution in [0.5, 0.6) is 0 Å². The Morgan fingerprint density at radius 2 is 2.22 bits per heavy atom. The van der Waals surface area contributed by atoms with Crippen molar-refractivity contribution >= 4 is 34.2 Å². The van der Waals surface area contributed by atoms with Gasteiger partial charge in [0, 0.05) is 13.0 Å². The van der Waals surface area contributed by atoms with Crippen molar-refractivity contribution in [3.63, 3.8) is 0 Å². The van der Waals surface area contributed by atoms with E-state index in [0.717, 1.165) is 29.3 Å². The van der Waals surface area contributed by atoms with E-state index in [1.54, 1.807) is 4.68 Å². The summed E-state index contributed by atoms with van der Waals surface area (Å²) in [5.74, 6) is 0.774. The molecule has 0 saturated heterocycles. The van der Waals surface area contributed by atoms with Crippen LogP contribution in [-0.2, 0) is 11.8 Å². The van der Waals surface area contributed by atoms with Crippen LogP contribution in [-0.4, -0.2) is 15.7 Å². The molecule has 0 aliphatic heterocycles. The van der Waals surface area contributed by atoms with Crippen molar-refractivity contribution in [1.82, 2.24) is 9.78 Å². The maximum Gasteiger partial charge on any atom is 0.228 e. The number of aryl methyl sites for hydroxylation is 2. The first-order chi connectivity index (χ1) is 8.58. The molecular weight excluding hydrogens is 250 g/mol.